The summed E-state index contributed by atoms with van der Waals surface area (Å²) >= 11 is 0. The van der Waals surface area contributed by atoms with E-state index in [9.17, 15) is 0 Å². The van der Waals surface area contributed by atoms with Crippen LogP contribution in [0.15, 0.2) is 164 Å². The molecule has 0 radical (unpaired) electrons. The van der Waals surface area contributed by atoms with E-state index >= 15 is 0 Å². The summed E-state index contributed by atoms with van der Waals surface area (Å²) < 4.78 is 82.0. The molecule has 0 amide bonds. The first-order chi connectivity index (χ1) is 34.0. The molecule has 2 aromatic heterocycles. The van der Waals surface area contributed by atoms with Crippen LogP contribution in [0.1, 0.15) is 75.9 Å². The van der Waals surface area contributed by atoms with Gasteiger partial charge in [-0.2, -0.15) is 7.11 Å². The van der Waals surface area contributed by atoms with Crippen LogP contribution in [0.25, 0.3) is 83.9 Å². The Morgan fingerprint density at radius 2 is 1.25 bits per heavy atom. The van der Waals surface area contributed by atoms with Gasteiger partial charge >= 0.3 is 21.1 Å². The van der Waals surface area contributed by atoms with E-state index in [0.717, 1.165) is 72.4 Å². The number of imidazole rings is 1. The van der Waals surface area contributed by atoms with Crippen molar-refractivity contribution in [2.75, 3.05) is 0 Å². The van der Waals surface area contributed by atoms with Crippen LogP contribution in [0, 0.1) is 27.0 Å². The summed E-state index contributed by atoms with van der Waals surface area (Å²) in [7, 11) is 3.89. The van der Waals surface area contributed by atoms with Crippen LogP contribution in [0.3, 0.4) is 0 Å². The molecule has 0 atom stereocenters. The number of aryl methyl sites for hydroxylation is 2. The Labute approximate surface area is 406 Å². The molecule has 2 heterocycles. The number of hydrogen-bond donors (Lipinski definition) is 0. The predicted molar refractivity (Wildman–Crippen MR) is 263 cm³/mol. The molecule has 0 aliphatic rings. The number of rotatable bonds is 8. The Morgan fingerprint density at radius 3 is 1.91 bits per heavy atom. The topological polar surface area (TPSA) is 39.9 Å². The zero-order valence-corrected chi connectivity index (χ0v) is 38.6. The van der Waals surface area contributed by atoms with Gasteiger partial charge in [-0.05, 0) is 105 Å². The molecule has 7 aromatic carbocycles. The summed E-state index contributed by atoms with van der Waals surface area (Å²) in [5, 5.41) is 0. The summed E-state index contributed by atoms with van der Waals surface area (Å²) in [4.78, 5) is 10.4. The molecule has 5 heteroatoms. The van der Waals surface area contributed by atoms with Gasteiger partial charge in [-0.3, -0.25) is 9.55 Å². The van der Waals surface area contributed by atoms with Crippen LogP contribution in [-0.4, -0.2) is 14.5 Å². The summed E-state index contributed by atoms with van der Waals surface area (Å²) in [5.41, 5.74) is 11.0. The van der Waals surface area contributed by atoms with Crippen molar-refractivity contribution in [1.82, 2.24) is 14.5 Å². The van der Waals surface area contributed by atoms with Gasteiger partial charge in [0.05, 0.1) is 22.3 Å². The molecule has 0 fully saturated rings. The van der Waals surface area contributed by atoms with Crippen LogP contribution in [0.4, 0.5) is 0 Å². The molecule has 0 N–H and O–H groups in total. The first-order valence-corrected chi connectivity index (χ1v) is 21.0. The molecule has 0 unspecified atom stereocenters. The van der Waals surface area contributed by atoms with Gasteiger partial charge in [-0.25, -0.2) is 4.98 Å². The van der Waals surface area contributed by atoms with E-state index in [2.05, 4.69) is 118 Å². The largest absolute Gasteiger partial charge is 2.00 e. The molecule has 0 saturated carbocycles. The Kier molecular flexibility index (Phi) is 9.41. The zero-order chi connectivity index (χ0) is 51.5. The van der Waals surface area contributed by atoms with E-state index in [1.807, 2.05) is 61.5 Å². The van der Waals surface area contributed by atoms with Crippen molar-refractivity contribution >= 4 is 11.0 Å². The van der Waals surface area contributed by atoms with Gasteiger partial charge in [-0.15, -0.1) is 23.8 Å². The average molecular weight is 1020 g/mol. The number of benzene rings is 7. The van der Waals surface area contributed by atoms with Gasteiger partial charge in [0.2, 0.25) is 0 Å². The van der Waals surface area contributed by atoms with Crippen molar-refractivity contribution in [3.8, 4) is 78.6 Å². The Morgan fingerprint density at radius 1 is 0.594 bits per heavy atom. The number of hydrogen-bond acceptors (Lipinski definition) is 3. The Hall–Kier alpha value is -6.35. The molecule has 0 aliphatic heterocycles. The minimum absolute atomic E-state index is 0. The maximum atomic E-state index is 8.21. The standard InChI is InChI=1S/C59H53N3O.Pt/c1-38-29-39(2)56(63-9)52(30-38)57-61-55-51(21-16-22-54(55)62(57)50-35-45(41-19-14-11-15-20-41)34-49(37-50)59(6,7)8)46-31-44(40-17-12-10-13-18-40)32-47(33-46)53-36-43(27-28-60-53)42-23-25-48(26-24-42)58(3,4)5;/h10-32,34-37H,9H2,1-8H3;/q-2;+2/i3D3,4D3,5D3;. The first-order valence-electron chi connectivity index (χ1n) is 25.5. The van der Waals surface area contributed by atoms with Crippen molar-refractivity contribution in [1.29, 1.82) is 0 Å². The minimum atomic E-state index is -3.37. The van der Waals surface area contributed by atoms with Crippen LogP contribution in [-0.2, 0) is 31.9 Å². The molecule has 0 saturated heterocycles. The molecule has 0 bridgehead atoms. The van der Waals surface area contributed by atoms with Crippen molar-refractivity contribution in [2.24, 2.45) is 0 Å². The zero-order valence-electron chi connectivity index (χ0n) is 45.4. The first kappa shape index (κ1) is 34.1. The van der Waals surface area contributed by atoms with Crippen molar-refractivity contribution in [3.63, 3.8) is 0 Å². The van der Waals surface area contributed by atoms with Crippen molar-refractivity contribution < 1.29 is 38.1 Å². The quantitative estimate of drug-likeness (QED) is 0.142. The van der Waals surface area contributed by atoms with Crippen LogP contribution >= 0.6 is 0 Å². The summed E-state index contributed by atoms with van der Waals surface area (Å²) in [6, 6.07) is 54.7. The van der Waals surface area contributed by atoms with E-state index in [1.165, 1.54) is 12.1 Å². The second kappa shape index (κ2) is 17.7. The van der Waals surface area contributed by atoms with Crippen molar-refractivity contribution in [2.45, 2.75) is 66.0 Å². The molecule has 0 aliphatic carbocycles. The third kappa shape index (κ3) is 8.77. The molecule has 9 rings (SSSR count). The molecule has 64 heavy (non-hydrogen) atoms. The van der Waals surface area contributed by atoms with Crippen LogP contribution in [0.2, 0.25) is 0 Å². The number of ether oxygens (including phenoxy) is 1. The van der Waals surface area contributed by atoms with Gasteiger partial charge < -0.3 is 4.74 Å². The van der Waals surface area contributed by atoms with Gasteiger partial charge in [-0.1, -0.05) is 173 Å². The third-order valence-corrected chi connectivity index (χ3v) is 11.6. The second-order valence-electron chi connectivity index (χ2n) is 17.3. The monoisotopic (exact) mass is 1020 g/mol. The van der Waals surface area contributed by atoms with E-state index < -0.39 is 26.0 Å². The fourth-order valence-corrected chi connectivity index (χ4v) is 8.36. The summed E-state index contributed by atoms with van der Waals surface area (Å²) in [5.74, 6) is 1.31. The fraction of sp³-hybridized carbons (Fsp3) is 0.169. The van der Waals surface area contributed by atoms with Gasteiger partial charge in [0, 0.05) is 29.9 Å². The van der Waals surface area contributed by atoms with Gasteiger partial charge in [0.1, 0.15) is 5.82 Å². The smallest absolute Gasteiger partial charge is 0.665 e. The number of nitrogens with zero attached hydrogens (tertiary/aromatic N) is 3. The van der Waals surface area contributed by atoms with E-state index in [4.69, 9.17) is 27.0 Å². The molecular formula is C59H53N3OPt. The normalized spacial score (nSPS) is 14.4. The number of fused-ring (bicyclic) bond motifs is 1. The molecular weight excluding hydrogens is 962 g/mol. The molecule has 0 spiro atoms. The SMILES string of the molecule is [2H]C([2H])([2H])C(c1ccc(-c2ccnc(-c3[c-]c(-c4cccc5c4nc(-c4cc(C)cc(C)c4O[CH2-])n5-c4cc(-c5ccccc5)cc(C(C)(C)C)c4)cc(-c4ccccc4)c3)c2)cc1)(C([2H])([2H])[2H])C([2H])([2H])[2H].[Pt+2]. The molecule has 320 valence electrons. The maximum absolute atomic E-state index is 8.21. The number of para-hydroxylation sites is 1. The van der Waals surface area contributed by atoms with Crippen molar-refractivity contribution in [3.05, 3.63) is 199 Å². The summed E-state index contributed by atoms with van der Waals surface area (Å²) in [6.45, 7) is 0.612. The van der Waals surface area contributed by atoms with Crippen LogP contribution in [0.5, 0.6) is 5.75 Å². The van der Waals surface area contributed by atoms with Gasteiger partial charge in [0.15, 0.2) is 0 Å². The number of pyridine rings is 1. The fourth-order valence-electron chi connectivity index (χ4n) is 8.36. The maximum Gasteiger partial charge on any atom is 2.00 e. The second-order valence-corrected chi connectivity index (χ2v) is 17.3. The number of aromatic nitrogens is 3. The van der Waals surface area contributed by atoms with E-state index in [-0.39, 0.29) is 32.0 Å². The Bertz CT molecular complexity index is 3430. The average Bonchev–Trinajstić information content (AvgIpc) is 3.73. The predicted octanol–water partition coefficient (Wildman–Crippen LogP) is 15.6. The van der Waals surface area contributed by atoms with E-state index in [0.29, 0.717) is 34.0 Å². The molecule has 4 nitrogen and oxygen atoms in total. The third-order valence-electron chi connectivity index (χ3n) is 11.6. The van der Waals surface area contributed by atoms with E-state index in [1.54, 1.807) is 24.4 Å². The summed E-state index contributed by atoms with van der Waals surface area (Å²) in [6.07, 6.45) is 1.66. The molecule has 9 aromatic rings. The van der Waals surface area contributed by atoms with Crippen LogP contribution < -0.4 is 4.74 Å². The Balaban J connectivity index is 0.00000711. The van der Waals surface area contributed by atoms with Gasteiger partial charge in [0.25, 0.3) is 0 Å². The minimum Gasteiger partial charge on any atom is -0.665 e.